The van der Waals surface area contributed by atoms with Crippen LogP contribution in [0.3, 0.4) is 0 Å². The van der Waals surface area contributed by atoms with E-state index in [0.717, 1.165) is 0 Å². The van der Waals surface area contributed by atoms with Crippen molar-refractivity contribution in [3.63, 3.8) is 0 Å². The Kier molecular flexibility index (Phi) is 6.06. The van der Waals surface area contributed by atoms with E-state index in [2.05, 4.69) is 0 Å². The standard InChI is InChI=1S/C9H9O4P.Na.H/c1-6(9(11)12)14(13)8-4-2-3-7(10)5-8;;/h2-6H,1H3,(H-,10,11,12);;/q;+1;-1/p+1. The molecule has 2 unspecified atom stereocenters. The van der Waals surface area contributed by atoms with E-state index in [0.29, 0.717) is 5.30 Å². The predicted molar refractivity (Wildman–Crippen MR) is 53.6 cm³/mol. The van der Waals surface area contributed by atoms with Crippen LogP contribution in [0.4, 0.5) is 0 Å². The molecular formula is C9H11NaO4P+. The Morgan fingerprint density at radius 3 is 2.60 bits per heavy atom. The van der Waals surface area contributed by atoms with Crippen LogP contribution in [0.2, 0.25) is 0 Å². The molecule has 1 aromatic rings. The molecule has 1 aromatic carbocycles. The molecule has 0 saturated heterocycles. The normalized spacial score (nSPS) is 12.5. The van der Waals surface area contributed by atoms with Crippen LogP contribution >= 0.6 is 7.80 Å². The number of rotatable bonds is 3. The summed E-state index contributed by atoms with van der Waals surface area (Å²) in [6.07, 6.45) is 0. The minimum atomic E-state index is -2.00. The van der Waals surface area contributed by atoms with E-state index in [-0.39, 0.29) is 36.7 Å². The van der Waals surface area contributed by atoms with Gasteiger partial charge in [-0.05, 0) is 19.1 Å². The van der Waals surface area contributed by atoms with E-state index in [4.69, 9.17) is 10.2 Å². The molecule has 2 atom stereocenters. The van der Waals surface area contributed by atoms with Crippen LogP contribution < -0.4 is 34.9 Å². The molecule has 1 rings (SSSR count). The molecule has 15 heavy (non-hydrogen) atoms. The van der Waals surface area contributed by atoms with Crippen molar-refractivity contribution in [2.24, 2.45) is 0 Å². The number of hydrogen-bond donors (Lipinski definition) is 2. The van der Waals surface area contributed by atoms with Gasteiger partial charge in [-0.25, -0.2) is 4.79 Å². The van der Waals surface area contributed by atoms with Crippen molar-refractivity contribution in [3.8, 4) is 5.75 Å². The zero-order chi connectivity index (χ0) is 10.7. The number of phenols is 1. The van der Waals surface area contributed by atoms with Gasteiger partial charge in [0.15, 0.2) is 5.30 Å². The molecule has 0 radical (unpaired) electrons. The zero-order valence-electron chi connectivity index (χ0n) is 9.54. The first-order valence-corrected chi connectivity index (χ1v) is 5.33. The summed E-state index contributed by atoms with van der Waals surface area (Å²) in [4.78, 5) is 10.6. The first-order chi connectivity index (χ1) is 6.52. The minimum absolute atomic E-state index is 0. The quantitative estimate of drug-likeness (QED) is 0.492. The van der Waals surface area contributed by atoms with Crippen LogP contribution in [0.15, 0.2) is 24.3 Å². The number of aliphatic carboxylic acids is 1. The van der Waals surface area contributed by atoms with E-state index >= 15 is 0 Å². The van der Waals surface area contributed by atoms with Gasteiger partial charge in [0.1, 0.15) is 5.75 Å². The predicted octanol–water partition coefficient (Wildman–Crippen LogP) is -1.57. The number of benzene rings is 1. The van der Waals surface area contributed by atoms with Gasteiger partial charge >= 0.3 is 43.3 Å². The topological polar surface area (TPSA) is 74.6 Å². The van der Waals surface area contributed by atoms with Crippen LogP contribution in [0, 0.1) is 0 Å². The molecule has 0 fully saturated rings. The second kappa shape index (κ2) is 6.23. The van der Waals surface area contributed by atoms with Crippen molar-refractivity contribution in [2.75, 3.05) is 0 Å². The van der Waals surface area contributed by atoms with Crippen molar-refractivity contribution < 1.29 is 50.6 Å². The number of carbonyl (C=O) groups is 1. The maximum Gasteiger partial charge on any atom is 1.00 e. The number of aromatic hydroxyl groups is 1. The summed E-state index contributed by atoms with van der Waals surface area (Å²) < 4.78 is 11.6. The second-order valence-corrected chi connectivity index (χ2v) is 4.80. The molecule has 0 amide bonds. The molecule has 0 spiro atoms. The summed E-state index contributed by atoms with van der Waals surface area (Å²) in [5, 5.41) is 18.1. The molecule has 76 valence electrons. The van der Waals surface area contributed by atoms with E-state index in [1.807, 2.05) is 0 Å². The van der Waals surface area contributed by atoms with E-state index < -0.39 is 19.4 Å². The van der Waals surface area contributed by atoms with Crippen molar-refractivity contribution in [1.82, 2.24) is 0 Å². The zero-order valence-corrected chi connectivity index (χ0v) is 11.4. The van der Waals surface area contributed by atoms with Gasteiger partial charge < -0.3 is 11.6 Å². The first kappa shape index (κ1) is 14.6. The summed E-state index contributed by atoms with van der Waals surface area (Å²) in [6, 6.07) is 5.83. The van der Waals surface area contributed by atoms with Gasteiger partial charge in [0.2, 0.25) is 0 Å². The fourth-order valence-corrected chi connectivity index (χ4v) is 2.09. The number of phenolic OH excluding ortho intramolecular Hbond substituents is 1. The van der Waals surface area contributed by atoms with Crippen molar-refractivity contribution in [2.45, 2.75) is 12.6 Å². The van der Waals surface area contributed by atoms with Crippen LogP contribution in [0.5, 0.6) is 5.75 Å². The van der Waals surface area contributed by atoms with Gasteiger partial charge in [0, 0.05) is 6.07 Å². The molecule has 4 nitrogen and oxygen atoms in total. The SMILES string of the molecule is CC(C(=O)O)[P+](=O)c1cccc(O)c1.[H-].[Na+]. The van der Waals surface area contributed by atoms with Gasteiger partial charge in [0.25, 0.3) is 5.66 Å². The third-order valence-electron chi connectivity index (χ3n) is 1.79. The Bertz CT molecular complexity index is 386. The van der Waals surface area contributed by atoms with Crippen LogP contribution in [0.1, 0.15) is 8.35 Å². The molecule has 0 bridgehead atoms. The maximum atomic E-state index is 11.6. The molecule has 0 aliphatic carbocycles. The van der Waals surface area contributed by atoms with Gasteiger partial charge in [-0.15, -0.1) is 0 Å². The molecule has 2 N–H and O–H groups in total. The fourth-order valence-electron chi connectivity index (χ4n) is 0.954. The monoisotopic (exact) mass is 237 g/mol. The summed E-state index contributed by atoms with van der Waals surface area (Å²) in [5.41, 5.74) is -0.938. The van der Waals surface area contributed by atoms with Gasteiger partial charge in [0.05, 0.1) is 0 Å². The smallest absolute Gasteiger partial charge is 1.00 e. The van der Waals surface area contributed by atoms with E-state index in [1.165, 1.54) is 31.2 Å². The third kappa shape index (κ3) is 3.92. The maximum absolute atomic E-state index is 11.6. The van der Waals surface area contributed by atoms with Crippen LogP contribution in [-0.2, 0) is 9.36 Å². The van der Waals surface area contributed by atoms with Gasteiger partial charge in [-0.1, -0.05) is 10.6 Å². The Morgan fingerprint density at radius 1 is 1.53 bits per heavy atom. The average molecular weight is 237 g/mol. The van der Waals surface area contributed by atoms with Gasteiger partial charge in [-0.3, -0.25) is 0 Å². The Balaban J connectivity index is 0. The molecular weight excluding hydrogens is 226 g/mol. The largest absolute Gasteiger partial charge is 1.00 e. The molecule has 0 aliphatic heterocycles. The van der Waals surface area contributed by atoms with Crippen molar-refractivity contribution in [1.29, 1.82) is 0 Å². The fraction of sp³-hybridized carbons (Fsp3) is 0.222. The minimum Gasteiger partial charge on any atom is -1.00 e. The first-order valence-electron chi connectivity index (χ1n) is 4.00. The Labute approximate surface area is 112 Å². The van der Waals surface area contributed by atoms with E-state index in [9.17, 15) is 9.36 Å². The third-order valence-corrected chi connectivity index (χ3v) is 3.50. The molecule has 0 saturated carbocycles. The summed E-state index contributed by atoms with van der Waals surface area (Å²) >= 11 is 0. The number of hydrogen-bond acceptors (Lipinski definition) is 3. The average Bonchev–Trinajstić information content (AvgIpc) is 2.15. The summed E-state index contributed by atoms with van der Waals surface area (Å²) in [5.74, 6) is -1.11. The number of carboxylic acids is 1. The van der Waals surface area contributed by atoms with Crippen LogP contribution in [-0.4, -0.2) is 21.8 Å². The second-order valence-electron chi connectivity index (χ2n) is 2.86. The molecule has 6 heteroatoms. The van der Waals surface area contributed by atoms with Gasteiger partial charge in [-0.2, -0.15) is 0 Å². The Hall–Kier alpha value is -0.410. The van der Waals surface area contributed by atoms with Crippen molar-refractivity contribution in [3.05, 3.63) is 24.3 Å². The molecule has 0 heterocycles. The molecule has 0 aliphatic rings. The van der Waals surface area contributed by atoms with Crippen molar-refractivity contribution >= 4 is 19.1 Å². The van der Waals surface area contributed by atoms with E-state index in [1.54, 1.807) is 0 Å². The summed E-state index contributed by atoms with van der Waals surface area (Å²) in [7, 11) is -2.00. The number of carboxylic acid groups (broad SMARTS) is 1. The summed E-state index contributed by atoms with van der Waals surface area (Å²) in [6.45, 7) is 1.38. The Morgan fingerprint density at radius 2 is 2.13 bits per heavy atom. The molecule has 0 aromatic heterocycles. The van der Waals surface area contributed by atoms with Crippen LogP contribution in [0.25, 0.3) is 0 Å².